The van der Waals surface area contributed by atoms with Crippen LogP contribution < -0.4 is 0 Å². The average molecular weight is 947 g/mol. The summed E-state index contributed by atoms with van der Waals surface area (Å²) < 4.78 is 4.49. The largest absolute Gasteiger partial charge is 0.292 e. The quantitative estimate of drug-likeness (QED) is 0.134. The molecule has 0 aliphatic heterocycles. The average Bonchev–Trinajstić information content (AvgIpc) is 4.08. The molecule has 0 spiro atoms. The van der Waals surface area contributed by atoms with E-state index in [-0.39, 0.29) is 0 Å². The summed E-state index contributed by atoms with van der Waals surface area (Å²) in [7, 11) is 0. The van der Waals surface area contributed by atoms with Crippen molar-refractivity contribution in [3.05, 3.63) is 255 Å². The fourth-order valence-electron chi connectivity index (χ4n) is 10.5. The van der Waals surface area contributed by atoms with Crippen LogP contribution in [0, 0.1) is 0 Å². The minimum Gasteiger partial charge on any atom is -0.292 e. The maximum Gasteiger partial charge on any atom is 0.160 e. The fourth-order valence-corrected chi connectivity index (χ4v) is 10.5. The van der Waals surface area contributed by atoms with Gasteiger partial charge in [-0.2, -0.15) is 0 Å². The van der Waals surface area contributed by atoms with Gasteiger partial charge in [0.2, 0.25) is 0 Å². The van der Waals surface area contributed by atoms with Crippen LogP contribution in [-0.2, 0) is 0 Å². The second-order valence-corrected chi connectivity index (χ2v) is 18.3. The first-order valence-corrected chi connectivity index (χ1v) is 24.7. The van der Waals surface area contributed by atoms with Crippen LogP contribution in [0.5, 0.6) is 0 Å². The van der Waals surface area contributed by atoms with Gasteiger partial charge in [-0.25, -0.2) is 29.9 Å². The van der Waals surface area contributed by atoms with Crippen LogP contribution >= 0.6 is 0 Å². The molecular formula is C66H42N8. The van der Waals surface area contributed by atoms with Gasteiger partial charge in [-0.05, 0) is 128 Å². The van der Waals surface area contributed by atoms with E-state index in [9.17, 15) is 0 Å². The van der Waals surface area contributed by atoms with Crippen LogP contribution in [0.2, 0.25) is 0 Å². The number of rotatable bonds is 9. The van der Waals surface area contributed by atoms with Crippen molar-refractivity contribution in [2.45, 2.75) is 0 Å². The molecule has 0 fully saturated rings. The van der Waals surface area contributed by atoms with Crippen molar-refractivity contribution in [3.8, 4) is 90.3 Å². The van der Waals surface area contributed by atoms with E-state index in [0.717, 1.165) is 122 Å². The third-order valence-corrected chi connectivity index (χ3v) is 14.0. The summed E-state index contributed by atoms with van der Waals surface area (Å²) in [6.45, 7) is 0. The molecule has 0 radical (unpaired) electrons. The Kier molecular flexibility index (Phi) is 10.3. The highest BCUT2D eigenvalue weighted by Crippen LogP contribution is 2.45. The summed E-state index contributed by atoms with van der Waals surface area (Å²) in [5, 5.41) is 4.02. The lowest BCUT2D eigenvalue weighted by Crippen LogP contribution is -1.97. The van der Waals surface area contributed by atoms with Gasteiger partial charge in [-0.15, -0.1) is 0 Å². The molecule has 74 heavy (non-hydrogen) atoms. The van der Waals surface area contributed by atoms with Crippen molar-refractivity contribution < 1.29 is 0 Å². The van der Waals surface area contributed by atoms with Crippen molar-refractivity contribution in [2.24, 2.45) is 0 Å². The molecule has 10 aromatic carbocycles. The molecule has 346 valence electrons. The van der Waals surface area contributed by atoms with Gasteiger partial charge >= 0.3 is 0 Å². The molecule has 8 nitrogen and oxygen atoms in total. The van der Waals surface area contributed by atoms with Crippen molar-refractivity contribution in [2.75, 3.05) is 0 Å². The molecular weight excluding hydrogens is 905 g/mol. The minimum absolute atomic E-state index is 0.642. The van der Waals surface area contributed by atoms with Crippen LogP contribution in [0.4, 0.5) is 0 Å². The molecule has 0 saturated carbocycles. The Labute approximate surface area is 426 Å². The van der Waals surface area contributed by atoms with Gasteiger partial charge in [0.05, 0.1) is 22.1 Å². The van der Waals surface area contributed by atoms with E-state index in [2.05, 4.69) is 203 Å². The lowest BCUT2D eigenvalue weighted by Gasteiger charge is -2.18. The van der Waals surface area contributed by atoms with E-state index in [0.29, 0.717) is 11.6 Å². The van der Waals surface area contributed by atoms with E-state index in [1.54, 1.807) is 0 Å². The standard InChI is InChI=1S/C66H42N8/c1-5-15-45(16-6-1)65-71-57-41-49(29-33-59(57)73(65)51-19-9-3-10-20-51)44-25-23-43(24-26-44)47-27-31-53-55(39-47)61(63-67-35-13-36-68-63)54-32-28-48(40-56(54)62(53)64-69-37-14-38-70-64)50-30-34-60-58(42-50)72-66(46-17-7-2-8-18-46)74(60)52-21-11-4-12-22-52/h1-42H. The molecule has 14 aromatic rings. The summed E-state index contributed by atoms with van der Waals surface area (Å²) in [5.74, 6) is 3.09. The molecule has 0 saturated heterocycles. The minimum atomic E-state index is 0.642. The normalized spacial score (nSPS) is 11.5. The van der Waals surface area contributed by atoms with Crippen LogP contribution in [0.1, 0.15) is 0 Å². The zero-order chi connectivity index (χ0) is 49.0. The highest BCUT2D eigenvalue weighted by Gasteiger charge is 2.22. The molecule has 4 heterocycles. The van der Waals surface area contributed by atoms with Gasteiger partial charge in [-0.3, -0.25) is 9.13 Å². The lowest BCUT2D eigenvalue weighted by atomic mass is 9.87. The molecule has 0 aliphatic carbocycles. The first kappa shape index (κ1) is 42.7. The van der Waals surface area contributed by atoms with Crippen molar-refractivity contribution in [1.29, 1.82) is 0 Å². The van der Waals surface area contributed by atoms with Gasteiger partial charge in [0.25, 0.3) is 0 Å². The molecule has 0 amide bonds. The number of hydrogen-bond acceptors (Lipinski definition) is 6. The highest BCUT2D eigenvalue weighted by molar-refractivity contribution is 6.21. The zero-order valence-electron chi connectivity index (χ0n) is 39.8. The number of para-hydroxylation sites is 2. The Morgan fingerprint density at radius 1 is 0.257 bits per heavy atom. The Hall–Kier alpha value is -10.2. The van der Waals surface area contributed by atoms with Crippen LogP contribution in [-0.4, -0.2) is 39.0 Å². The molecule has 4 aromatic heterocycles. The molecule has 0 atom stereocenters. The third-order valence-electron chi connectivity index (χ3n) is 14.0. The predicted octanol–water partition coefficient (Wildman–Crippen LogP) is 15.9. The highest BCUT2D eigenvalue weighted by atomic mass is 15.1. The number of nitrogens with zero attached hydrogens (tertiary/aromatic N) is 8. The van der Waals surface area contributed by atoms with Crippen LogP contribution in [0.25, 0.3) is 134 Å². The predicted molar refractivity (Wildman–Crippen MR) is 300 cm³/mol. The Morgan fingerprint density at radius 2 is 0.595 bits per heavy atom. The second-order valence-electron chi connectivity index (χ2n) is 18.3. The molecule has 0 N–H and O–H groups in total. The maximum atomic E-state index is 5.28. The number of aromatic nitrogens is 8. The van der Waals surface area contributed by atoms with E-state index >= 15 is 0 Å². The number of hydrogen-bond donors (Lipinski definition) is 0. The Morgan fingerprint density at radius 3 is 1.01 bits per heavy atom. The summed E-state index contributed by atoms with van der Waals surface area (Å²) in [4.78, 5) is 30.0. The van der Waals surface area contributed by atoms with Crippen molar-refractivity contribution in [1.82, 2.24) is 39.0 Å². The van der Waals surface area contributed by atoms with Crippen LogP contribution in [0.3, 0.4) is 0 Å². The summed E-state index contributed by atoms with van der Waals surface area (Å²) in [5.41, 5.74) is 16.5. The van der Waals surface area contributed by atoms with Gasteiger partial charge < -0.3 is 0 Å². The third kappa shape index (κ3) is 7.40. The van der Waals surface area contributed by atoms with E-state index in [4.69, 9.17) is 29.9 Å². The fraction of sp³-hybridized carbons (Fsp3) is 0. The molecule has 0 aliphatic rings. The monoisotopic (exact) mass is 946 g/mol. The first-order chi connectivity index (χ1) is 36.7. The van der Waals surface area contributed by atoms with E-state index in [1.165, 1.54) is 0 Å². The zero-order valence-corrected chi connectivity index (χ0v) is 39.8. The van der Waals surface area contributed by atoms with E-state index in [1.807, 2.05) is 61.2 Å². The van der Waals surface area contributed by atoms with Crippen molar-refractivity contribution in [3.63, 3.8) is 0 Å². The smallest absolute Gasteiger partial charge is 0.160 e. The van der Waals surface area contributed by atoms with Gasteiger partial charge in [0.15, 0.2) is 11.6 Å². The number of benzene rings is 10. The second kappa shape index (κ2) is 17.9. The van der Waals surface area contributed by atoms with E-state index < -0.39 is 0 Å². The molecule has 8 heteroatoms. The first-order valence-electron chi connectivity index (χ1n) is 24.7. The molecule has 0 unspecified atom stereocenters. The van der Waals surface area contributed by atoms with Gasteiger partial charge in [0.1, 0.15) is 11.6 Å². The van der Waals surface area contributed by atoms with Gasteiger partial charge in [0, 0.05) is 58.4 Å². The topological polar surface area (TPSA) is 87.2 Å². The number of imidazole rings is 2. The summed E-state index contributed by atoms with van der Waals surface area (Å²) in [6, 6.07) is 80.6. The van der Waals surface area contributed by atoms with Gasteiger partial charge in [-0.1, -0.05) is 158 Å². The molecule has 14 rings (SSSR count). The molecule has 0 bridgehead atoms. The summed E-state index contributed by atoms with van der Waals surface area (Å²) in [6.07, 6.45) is 7.24. The maximum absolute atomic E-state index is 5.28. The summed E-state index contributed by atoms with van der Waals surface area (Å²) >= 11 is 0. The van der Waals surface area contributed by atoms with Crippen LogP contribution in [0.15, 0.2) is 255 Å². The Bertz CT molecular complexity index is 4370. The Balaban J connectivity index is 0.891. The number of fused-ring (bicyclic) bond motifs is 4. The lowest BCUT2D eigenvalue weighted by molar-refractivity contribution is 1.10. The van der Waals surface area contributed by atoms with Crippen molar-refractivity contribution >= 4 is 43.6 Å². The SMILES string of the molecule is c1ccc(-c2nc3cc(-c4ccc(-c5ccc6c(-c7ncccn7)c7cc(-c8ccc9c(c8)nc(-c8ccccc8)n9-c8ccccc8)ccc7c(-c7ncccn7)c6c5)cc4)ccc3n2-c2ccccc2)cc1.